The summed E-state index contributed by atoms with van der Waals surface area (Å²) < 4.78 is 26.5. The summed E-state index contributed by atoms with van der Waals surface area (Å²) in [5.41, 5.74) is 0.0750. The molecular formula is C13H18N2O4S. The van der Waals surface area contributed by atoms with E-state index >= 15 is 0 Å². The normalized spacial score (nSPS) is 24.5. The lowest BCUT2D eigenvalue weighted by Gasteiger charge is -2.35. The Balaban J connectivity index is 2.27. The monoisotopic (exact) mass is 298 g/mol. The van der Waals surface area contributed by atoms with Crippen molar-refractivity contribution in [1.82, 2.24) is 9.62 Å². The van der Waals surface area contributed by atoms with Gasteiger partial charge in [-0.2, -0.15) is 4.31 Å². The number of sulfonamides is 1. The lowest BCUT2D eigenvalue weighted by Crippen LogP contribution is -2.55. The molecule has 2 N–H and O–H groups in total. The molecule has 1 fully saturated rings. The summed E-state index contributed by atoms with van der Waals surface area (Å²) in [4.78, 5) is 10.9. The van der Waals surface area contributed by atoms with Crippen LogP contribution in [0.3, 0.4) is 0 Å². The summed E-state index contributed by atoms with van der Waals surface area (Å²) in [5, 5.41) is 12.1. The highest BCUT2D eigenvalue weighted by Gasteiger charge is 2.31. The van der Waals surface area contributed by atoms with Crippen molar-refractivity contribution in [2.75, 3.05) is 13.1 Å². The van der Waals surface area contributed by atoms with E-state index in [4.69, 9.17) is 5.11 Å². The maximum absolute atomic E-state index is 12.5. The molecule has 7 heteroatoms. The molecule has 0 radical (unpaired) electrons. The first-order valence-corrected chi connectivity index (χ1v) is 7.84. The summed E-state index contributed by atoms with van der Waals surface area (Å²) in [7, 11) is -3.57. The van der Waals surface area contributed by atoms with Crippen molar-refractivity contribution in [1.29, 1.82) is 0 Å². The molecule has 2 rings (SSSR count). The van der Waals surface area contributed by atoms with Gasteiger partial charge in [-0.15, -0.1) is 0 Å². The van der Waals surface area contributed by atoms with Crippen LogP contribution in [0.15, 0.2) is 29.2 Å². The first kappa shape index (κ1) is 15.0. The number of hydrogen-bond acceptors (Lipinski definition) is 4. The van der Waals surface area contributed by atoms with Gasteiger partial charge in [0.1, 0.15) is 0 Å². The fraction of sp³-hybridized carbons (Fsp3) is 0.462. The zero-order valence-corrected chi connectivity index (χ0v) is 12.2. The second kappa shape index (κ2) is 5.51. The number of carboxylic acids is 1. The second-order valence-corrected chi connectivity index (χ2v) is 7.06. The molecule has 0 aromatic heterocycles. The van der Waals surface area contributed by atoms with E-state index in [0.717, 1.165) is 0 Å². The molecule has 0 aliphatic carbocycles. The van der Waals surface area contributed by atoms with Gasteiger partial charge in [0, 0.05) is 25.2 Å². The smallest absolute Gasteiger partial charge is 0.335 e. The molecule has 0 spiro atoms. The highest BCUT2D eigenvalue weighted by Crippen LogP contribution is 2.19. The lowest BCUT2D eigenvalue weighted by molar-refractivity contribution is 0.0696. The van der Waals surface area contributed by atoms with Gasteiger partial charge in [0.05, 0.1) is 10.5 Å². The number of aromatic carboxylic acids is 1. The van der Waals surface area contributed by atoms with Crippen molar-refractivity contribution in [3.8, 4) is 0 Å². The van der Waals surface area contributed by atoms with E-state index in [1.807, 2.05) is 13.8 Å². The number of piperazine rings is 1. The lowest BCUT2D eigenvalue weighted by atomic mass is 10.2. The Labute approximate surface area is 118 Å². The number of carboxylic acid groups (broad SMARTS) is 1. The third-order valence-corrected chi connectivity index (χ3v) is 5.11. The van der Waals surface area contributed by atoms with Crippen LogP contribution in [-0.2, 0) is 10.0 Å². The number of hydrogen-bond donors (Lipinski definition) is 2. The Bertz CT molecular complexity index is 587. The molecule has 6 nitrogen and oxygen atoms in total. The largest absolute Gasteiger partial charge is 0.478 e. The molecule has 0 saturated carbocycles. The van der Waals surface area contributed by atoms with Crippen molar-refractivity contribution in [2.24, 2.45) is 0 Å². The summed E-state index contributed by atoms with van der Waals surface area (Å²) in [5.74, 6) is -1.07. The van der Waals surface area contributed by atoms with E-state index < -0.39 is 16.0 Å². The van der Waals surface area contributed by atoms with Gasteiger partial charge < -0.3 is 10.4 Å². The molecule has 0 bridgehead atoms. The van der Waals surface area contributed by atoms with E-state index in [1.54, 1.807) is 0 Å². The first-order valence-electron chi connectivity index (χ1n) is 6.40. The molecule has 1 aliphatic rings. The average Bonchev–Trinajstić information content (AvgIpc) is 2.37. The van der Waals surface area contributed by atoms with Crippen LogP contribution in [0.2, 0.25) is 0 Å². The zero-order chi connectivity index (χ0) is 14.9. The molecule has 20 heavy (non-hydrogen) atoms. The maximum Gasteiger partial charge on any atom is 0.335 e. The fourth-order valence-corrected chi connectivity index (χ4v) is 4.01. The van der Waals surface area contributed by atoms with Crippen molar-refractivity contribution in [3.63, 3.8) is 0 Å². The number of benzene rings is 1. The Morgan fingerprint density at radius 2 is 1.70 bits per heavy atom. The summed E-state index contributed by atoms with van der Waals surface area (Å²) in [6, 6.07) is 5.49. The molecule has 0 amide bonds. The molecule has 1 heterocycles. The van der Waals surface area contributed by atoms with Crippen LogP contribution in [0.1, 0.15) is 24.2 Å². The number of rotatable bonds is 3. The van der Waals surface area contributed by atoms with E-state index in [0.29, 0.717) is 13.1 Å². The molecule has 1 saturated heterocycles. The third kappa shape index (κ3) is 3.00. The first-order chi connectivity index (χ1) is 9.30. The van der Waals surface area contributed by atoms with Gasteiger partial charge in [0.15, 0.2) is 0 Å². The number of carbonyl (C=O) groups is 1. The SMILES string of the molecule is CC1CN(S(=O)(=O)c2ccc(C(=O)O)cc2)CC(C)N1. The van der Waals surface area contributed by atoms with E-state index in [9.17, 15) is 13.2 Å². The van der Waals surface area contributed by atoms with E-state index in [1.165, 1.54) is 28.6 Å². The highest BCUT2D eigenvalue weighted by atomic mass is 32.2. The predicted octanol–water partition coefficient (Wildman–Crippen LogP) is 0.756. The molecule has 1 aromatic rings. The van der Waals surface area contributed by atoms with Crippen LogP contribution < -0.4 is 5.32 Å². The van der Waals surface area contributed by atoms with Gasteiger partial charge in [0.25, 0.3) is 0 Å². The second-order valence-electron chi connectivity index (χ2n) is 5.12. The molecule has 1 aromatic carbocycles. The third-order valence-electron chi connectivity index (χ3n) is 3.26. The Morgan fingerprint density at radius 1 is 1.20 bits per heavy atom. The van der Waals surface area contributed by atoms with Crippen LogP contribution in [0.25, 0.3) is 0 Å². The van der Waals surface area contributed by atoms with Gasteiger partial charge in [-0.3, -0.25) is 0 Å². The van der Waals surface area contributed by atoms with Crippen molar-refractivity contribution < 1.29 is 18.3 Å². The Morgan fingerprint density at radius 3 is 2.15 bits per heavy atom. The summed E-state index contributed by atoms with van der Waals surface area (Å²) >= 11 is 0. The van der Waals surface area contributed by atoms with Crippen LogP contribution in [-0.4, -0.2) is 49.0 Å². The predicted molar refractivity (Wildman–Crippen MR) is 74.2 cm³/mol. The van der Waals surface area contributed by atoms with Gasteiger partial charge in [0.2, 0.25) is 10.0 Å². The fourth-order valence-electron chi connectivity index (χ4n) is 2.39. The maximum atomic E-state index is 12.5. The van der Waals surface area contributed by atoms with Crippen LogP contribution >= 0.6 is 0 Å². The number of nitrogens with zero attached hydrogens (tertiary/aromatic N) is 1. The van der Waals surface area contributed by atoms with Crippen LogP contribution in [0, 0.1) is 0 Å². The minimum absolute atomic E-state index is 0.0750. The Kier molecular flexibility index (Phi) is 4.12. The van der Waals surface area contributed by atoms with E-state index in [-0.39, 0.29) is 22.5 Å². The highest BCUT2D eigenvalue weighted by molar-refractivity contribution is 7.89. The van der Waals surface area contributed by atoms with Crippen molar-refractivity contribution >= 4 is 16.0 Å². The van der Waals surface area contributed by atoms with Gasteiger partial charge in [-0.05, 0) is 38.1 Å². The molecule has 110 valence electrons. The van der Waals surface area contributed by atoms with Gasteiger partial charge in [-0.25, -0.2) is 13.2 Å². The van der Waals surface area contributed by atoms with E-state index in [2.05, 4.69) is 5.32 Å². The number of nitrogens with one attached hydrogen (secondary N) is 1. The van der Waals surface area contributed by atoms with Crippen molar-refractivity contribution in [3.05, 3.63) is 29.8 Å². The standard InChI is InChI=1S/C13H18N2O4S/c1-9-7-15(8-10(2)14-9)20(18,19)12-5-3-11(4-6-12)13(16)17/h3-6,9-10,14H,7-8H2,1-2H3,(H,16,17). The van der Waals surface area contributed by atoms with Crippen LogP contribution in [0.4, 0.5) is 0 Å². The topological polar surface area (TPSA) is 86.7 Å². The Hall–Kier alpha value is -1.44. The van der Waals surface area contributed by atoms with Crippen LogP contribution in [0.5, 0.6) is 0 Å². The summed E-state index contributed by atoms with van der Waals surface area (Å²) in [6.07, 6.45) is 0. The molecule has 2 atom stereocenters. The molecule has 1 aliphatic heterocycles. The minimum atomic E-state index is -3.57. The average molecular weight is 298 g/mol. The minimum Gasteiger partial charge on any atom is -0.478 e. The summed E-state index contributed by atoms with van der Waals surface area (Å²) in [6.45, 7) is 4.69. The van der Waals surface area contributed by atoms with Gasteiger partial charge in [-0.1, -0.05) is 0 Å². The molecular weight excluding hydrogens is 280 g/mol. The molecule has 2 unspecified atom stereocenters. The quantitative estimate of drug-likeness (QED) is 0.860. The van der Waals surface area contributed by atoms with Gasteiger partial charge >= 0.3 is 5.97 Å². The zero-order valence-electron chi connectivity index (χ0n) is 11.4. The van der Waals surface area contributed by atoms with Crippen molar-refractivity contribution in [2.45, 2.75) is 30.8 Å².